The van der Waals surface area contributed by atoms with Gasteiger partial charge in [-0.3, -0.25) is 4.79 Å². The quantitative estimate of drug-likeness (QED) is 0.515. The molecule has 1 aromatic heterocycles. The first-order valence-corrected chi connectivity index (χ1v) is 12.2. The van der Waals surface area contributed by atoms with Crippen LogP contribution in [-0.4, -0.2) is 54.3 Å². The van der Waals surface area contributed by atoms with Crippen LogP contribution in [0, 0.1) is 0 Å². The molecule has 1 saturated heterocycles. The van der Waals surface area contributed by atoms with E-state index in [2.05, 4.69) is 10.2 Å². The van der Waals surface area contributed by atoms with Crippen molar-refractivity contribution in [3.05, 3.63) is 58.7 Å². The average Bonchev–Trinajstić information content (AvgIpc) is 3.46. The fraction of sp³-hybridized carbons (Fsp3) is 0.423. The Hall–Kier alpha value is -2.84. The Labute approximate surface area is 207 Å². The lowest BCUT2D eigenvalue weighted by Crippen LogP contribution is -2.49. The number of fused-ring (bicyclic) bond motifs is 2. The molecule has 186 valence electrons. The third-order valence-corrected chi connectivity index (χ3v) is 6.95. The number of ether oxygens (including phenoxy) is 2. The van der Waals surface area contributed by atoms with Crippen LogP contribution >= 0.6 is 11.6 Å². The largest absolute Gasteiger partial charge is 0.486 e. The Kier molecular flexibility index (Phi) is 6.59. The van der Waals surface area contributed by atoms with Gasteiger partial charge in [-0.1, -0.05) is 17.7 Å². The predicted octanol–water partition coefficient (Wildman–Crippen LogP) is 4.52. The molecule has 0 radical (unpaired) electrons. The maximum Gasteiger partial charge on any atom is 0.364 e. The molecule has 0 saturated carbocycles. The number of likely N-dealkylation sites (tertiary alicyclic amines) is 1. The van der Waals surface area contributed by atoms with E-state index in [-0.39, 0.29) is 5.69 Å². The summed E-state index contributed by atoms with van der Waals surface area (Å²) in [6.45, 7) is 3.25. The van der Waals surface area contributed by atoms with Crippen LogP contribution in [0.5, 0.6) is 11.5 Å². The van der Waals surface area contributed by atoms with E-state index in [1.54, 1.807) is 18.2 Å². The van der Waals surface area contributed by atoms with Crippen molar-refractivity contribution in [3.63, 3.8) is 0 Å². The fourth-order valence-electron chi connectivity index (χ4n) is 4.95. The number of alkyl halides is 2. The summed E-state index contributed by atoms with van der Waals surface area (Å²) in [6, 6.07) is 11.4. The lowest BCUT2D eigenvalue weighted by molar-refractivity contribution is -0.148. The molecule has 6 nitrogen and oxygen atoms in total. The summed E-state index contributed by atoms with van der Waals surface area (Å²) in [5, 5.41) is 3.67. The molecule has 3 aromatic rings. The fourth-order valence-corrected chi connectivity index (χ4v) is 5.13. The van der Waals surface area contributed by atoms with Crippen LogP contribution in [0.4, 0.5) is 8.78 Å². The van der Waals surface area contributed by atoms with Crippen molar-refractivity contribution < 1.29 is 23.0 Å². The van der Waals surface area contributed by atoms with Crippen LogP contribution in [0.1, 0.15) is 24.1 Å². The smallest absolute Gasteiger partial charge is 0.364 e. The number of nitrogens with zero attached hydrogens (tertiary/aromatic N) is 2. The van der Waals surface area contributed by atoms with Crippen LogP contribution in [0.15, 0.2) is 42.5 Å². The number of rotatable bonds is 7. The van der Waals surface area contributed by atoms with Gasteiger partial charge >= 0.3 is 5.92 Å². The highest BCUT2D eigenvalue weighted by atomic mass is 35.5. The van der Waals surface area contributed by atoms with Crippen molar-refractivity contribution in [2.75, 3.05) is 32.8 Å². The van der Waals surface area contributed by atoms with Gasteiger partial charge in [0.25, 0.3) is 5.91 Å². The first-order chi connectivity index (χ1) is 16.8. The van der Waals surface area contributed by atoms with Gasteiger partial charge in [0.1, 0.15) is 13.2 Å². The van der Waals surface area contributed by atoms with Gasteiger partial charge < -0.3 is 24.3 Å². The maximum atomic E-state index is 15.5. The minimum Gasteiger partial charge on any atom is -0.486 e. The summed E-state index contributed by atoms with van der Waals surface area (Å²) in [5.74, 6) is -3.71. The molecule has 3 heterocycles. The zero-order valence-corrected chi connectivity index (χ0v) is 20.3. The Bertz CT molecular complexity index is 1240. The summed E-state index contributed by atoms with van der Waals surface area (Å²) >= 11 is 6.03. The standard InChI is InChI=1S/C26H28ClF2N3O3/c1-31-21-6-5-19(27)14-18(21)15-24(31)26(28,29)25(33)30-20(16-32-8-2-3-9-32)12-17-4-7-22-23(13-17)35-11-10-34-22/h4-7,13-15,20H,2-3,8-12,16H2,1H3,(H,30,33). The molecule has 2 aromatic carbocycles. The third kappa shape index (κ3) is 4.95. The van der Waals surface area contributed by atoms with Crippen molar-refractivity contribution in [1.29, 1.82) is 0 Å². The Balaban J connectivity index is 1.38. The molecule has 0 aliphatic carbocycles. The highest BCUT2D eigenvalue weighted by Gasteiger charge is 2.44. The molecular formula is C26H28ClF2N3O3. The molecule has 2 aliphatic rings. The highest BCUT2D eigenvalue weighted by molar-refractivity contribution is 6.31. The summed E-state index contributed by atoms with van der Waals surface area (Å²) in [7, 11) is 1.53. The summed E-state index contributed by atoms with van der Waals surface area (Å²) < 4.78 is 43.5. The van der Waals surface area contributed by atoms with Gasteiger partial charge in [-0.15, -0.1) is 0 Å². The van der Waals surface area contributed by atoms with Crippen LogP contribution in [0.25, 0.3) is 10.9 Å². The molecule has 0 bridgehead atoms. The van der Waals surface area contributed by atoms with Crippen molar-refractivity contribution in [2.45, 2.75) is 31.2 Å². The molecule has 5 rings (SSSR count). The number of halogens is 3. The minimum absolute atomic E-state index is 0.369. The van der Waals surface area contributed by atoms with Crippen LogP contribution in [-0.2, 0) is 24.2 Å². The van der Waals surface area contributed by atoms with E-state index in [0.717, 1.165) is 31.5 Å². The number of nitrogens with one attached hydrogen (secondary N) is 1. The van der Waals surface area contributed by atoms with Gasteiger partial charge in [0.15, 0.2) is 11.5 Å². The Morgan fingerprint density at radius 1 is 1.09 bits per heavy atom. The normalized spacial score (nSPS) is 17.0. The monoisotopic (exact) mass is 503 g/mol. The minimum atomic E-state index is -3.71. The second kappa shape index (κ2) is 9.66. The molecule has 35 heavy (non-hydrogen) atoms. The number of hydrogen-bond donors (Lipinski definition) is 1. The van der Waals surface area contributed by atoms with Gasteiger partial charge in [-0.2, -0.15) is 8.78 Å². The SMILES string of the molecule is Cn1c(C(F)(F)C(=O)NC(Cc2ccc3c(c2)OCCO3)CN2CCCC2)cc2cc(Cl)ccc21. The number of aryl methyl sites for hydroxylation is 1. The van der Waals surface area contributed by atoms with E-state index >= 15 is 8.78 Å². The number of benzene rings is 2. The Morgan fingerprint density at radius 2 is 1.83 bits per heavy atom. The third-order valence-electron chi connectivity index (χ3n) is 6.71. The van der Waals surface area contributed by atoms with Crippen LogP contribution in [0.3, 0.4) is 0 Å². The van der Waals surface area contributed by atoms with E-state index in [1.807, 2.05) is 18.2 Å². The lowest BCUT2D eigenvalue weighted by Gasteiger charge is -2.27. The van der Waals surface area contributed by atoms with Gasteiger partial charge in [0, 0.05) is 35.6 Å². The van der Waals surface area contributed by atoms with Crippen molar-refractivity contribution in [3.8, 4) is 11.5 Å². The molecular weight excluding hydrogens is 476 g/mol. The maximum absolute atomic E-state index is 15.5. The molecule has 0 spiro atoms. The lowest BCUT2D eigenvalue weighted by atomic mass is 10.0. The summed E-state index contributed by atoms with van der Waals surface area (Å²) in [4.78, 5) is 15.2. The molecule has 9 heteroatoms. The van der Waals surface area contributed by atoms with Crippen LogP contribution in [0.2, 0.25) is 5.02 Å². The number of hydrogen-bond acceptors (Lipinski definition) is 4. The van der Waals surface area contributed by atoms with Gasteiger partial charge in [0.05, 0.1) is 5.69 Å². The molecule has 1 atom stereocenters. The topological polar surface area (TPSA) is 55.7 Å². The van der Waals surface area contributed by atoms with Crippen molar-refractivity contribution in [1.82, 2.24) is 14.8 Å². The first kappa shape index (κ1) is 23.9. The molecule has 1 unspecified atom stereocenters. The molecule has 1 N–H and O–H groups in total. The number of carbonyl (C=O) groups is 1. The predicted molar refractivity (Wildman–Crippen MR) is 131 cm³/mol. The summed E-state index contributed by atoms with van der Waals surface area (Å²) in [5.41, 5.74) is 1.11. The second-order valence-electron chi connectivity index (χ2n) is 9.23. The van der Waals surface area contributed by atoms with E-state index in [9.17, 15) is 4.79 Å². The zero-order valence-electron chi connectivity index (χ0n) is 19.5. The van der Waals surface area contributed by atoms with Crippen molar-refractivity contribution >= 4 is 28.4 Å². The zero-order chi connectivity index (χ0) is 24.6. The highest BCUT2D eigenvalue weighted by Crippen LogP contribution is 2.34. The van der Waals surface area contributed by atoms with E-state index < -0.39 is 17.9 Å². The number of aromatic nitrogens is 1. The van der Waals surface area contributed by atoms with Crippen LogP contribution < -0.4 is 14.8 Å². The second-order valence-corrected chi connectivity index (χ2v) is 9.66. The van der Waals surface area contributed by atoms with Gasteiger partial charge in [-0.25, -0.2) is 0 Å². The molecule has 1 amide bonds. The molecule has 1 fully saturated rings. The van der Waals surface area contributed by atoms with Gasteiger partial charge in [0.2, 0.25) is 0 Å². The molecule has 2 aliphatic heterocycles. The van der Waals surface area contributed by atoms with Gasteiger partial charge in [-0.05, 0) is 74.3 Å². The van der Waals surface area contributed by atoms with Crippen molar-refractivity contribution in [2.24, 2.45) is 7.05 Å². The Morgan fingerprint density at radius 3 is 2.60 bits per heavy atom. The summed E-state index contributed by atoms with van der Waals surface area (Å²) in [6.07, 6.45) is 2.54. The first-order valence-electron chi connectivity index (χ1n) is 11.9. The van der Waals surface area contributed by atoms with E-state index in [1.165, 1.54) is 17.7 Å². The number of carbonyl (C=O) groups excluding carboxylic acids is 1. The number of amides is 1. The average molecular weight is 504 g/mol. The van der Waals surface area contributed by atoms with E-state index in [4.69, 9.17) is 21.1 Å². The van der Waals surface area contributed by atoms with E-state index in [0.29, 0.717) is 53.6 Å².